The lowest BCUT2D eigenvalue weighted by Crippen LogP contribution is -2.15. The Morgan fingerprint density at radius 2 is 2.17 bits per heavy atom. The topological polar surface area (TPSA) is 46.5 Å². The van der Waals surface area contributed by atoms with Crippen LogP contribution in [0.1, 0.15) is 30.4 Å². The number of allylic oxidation sites excluding steroid dienone is 1. The third kappa shape index (κ3) is 2.55. The predicted octanol–water partition coefficient (Wildman–Crippen LogP) is 3.27. The summed E-state index contributed by atoms with van der Waals surface area (Å²) in [5.74, 6) is 0.220. The highest BCUT2D eigenvalue weighted by molar-refractivity contribution is 5.91. The zero-order chi connectivity index (χ0) is 13.1. The Morgan fingerprint density at radius 3 is 2.67 bits per heavy atom. The third-order valence-corrected chi connectivity index (χ3v) is 3.49. The lowest BCUT2D eigenvalue weighted by atomic mass is 9.76. The predicted molar refractivity (Wildman–Crippen MR) is 70.7 cm³/mol. The van der Waals surface area contributed by atoms with Crippen molar-refractivity contribution < 1.29 is 14.6 Å². The molecule has 18 heavy (non-hydrogen) atoms. The van der Waals surface area contributed by atoms with Crippen LogP contribution in [0.4, 0.5) is 0 Å². The van der Waals surface area contributed by atoms with Gasteiger partial charge >= 0.3 is 5.97 Å². The average Bonchev–Trinajstić information content (AvgIpc) is 2.25. The Labute approximate surface area is 107 Å². The molecule has 0 amide bonds. The molecule has 0 bridgehead atoms. The van der Waals surface area contributed by atoms with E-state index >= 15 is 0 Å². The number of hydrogen-bond acceptors (Lipinski definition) is 2. The molecule has 1 aliphatic carbocycles. The second kappa shape index (κ2) is 5.25. The van der Waals surface area contributed by atoms with E-state index in [0.29, 0.717) is 5.92 Å². The van der Waals surface area contributed by atoms with Gasteiger partial charge in [-0.2, -0.15) is 0 Å². The second-order valence-corrected chi connectivity index (χ2v) is 4.77. The summed E-state index contributed by atoms with van der Waals surface area (Å²) in [5.41, 5.74) is 2.93. The minimum absolute atomic E-state index is 0.358. The summed E-state index contributed by atoms with van der Waals surface area (Å²) in [7, 11) is 1.62. The molecule has 0 atom stereocenters. The fraction of sp³-hybridized carbons (Fsp3) is 0.400. The molecule has 0 spiro atoms. The molecule has 0 unspecified atom stereocenters. The molecule has 1 aromatic carbocycles. The molecule has 1 aliphatic rings. The van der Waals surface area contributed by atoms with Crippen molar-refractivity contribution in [1.82, 2.24) is 0 Å². The van der Waals surface area contributed by atoms with Gasteiger partial charge in [-0.15, -0.1) is 0 Å². The Kier molecular flexibility index (Phi) is 3.70. The lowest BCUT2D eigenvalue weighted by Gasteiger charge is -2.29. The van der Waals surface area contributed by atoms with Gasteiger partial charge in [0.15, 0.2) is 0 Å². The Morgan fingerprint density at radius 1 is 1.44 bits per heavy atom. The average molecular weight is 246 g/mol. The first kappa shape index (κ1) is 12.7. The summed E-state index contributed by atoms with van der Waals surface area (Å²) >= 11 is 0. The van der Waals surface area contributed by atoms with E-state index in [2.05, 4.69) is 0 Å². The SMILES string of the molecule is COc1ccc(C)cc1/C(=C/C(=O)O)C1CCC1. The summed E-state index contributed by atoms with van der Waals surface area (Å²) < 4.78 is 5.35. The number of benzene rings is 1. The first-order valence-electron chi connectivity index (χ1n) is 6.21. The molecule has 3 heteroatoms. The number of hydrogen-bond donors (Lipinski definition) is 1. The first-order valence-corrected chi connectivity index (χ1v) is 6.21. The van der Waals surface area contributed by atoms with Crippen molar-refractivity contribution in [2.45, 2.75) is 26.2 Å². The number of aryl methyl sites for hydroxylation is 1. The molecule has 96 valence electrons. The Balaban J connectivity index is 2.47. The number of carboxylic acids is 1. The van der Waals surface area contributed by atoms with Gasteiger partial charge in [0, 0.05) is 11.6 Å². The van der Waals surface area contributed by atoms with E-state index in [0.717, 1.165) is 35.3 Å². The summed E-state index contributed by atoms with van der Waals surface area (Å²) in [6.07, 6.45) is 4.64. The van der Waals surface area contributed by atoms with Crippen LogP contribution in [-0.2, 0) is 4.79 Å². The molecule has 0 radical (unpaired) electrons. The van der Waals surface area contributed by atoms with Gasteiger partial charge in [-0.3, -0.25) is 0 Å². The molecular weight excluding hydrogens is 228 g/mol. The van der Waals surface area contributed by atoms with Gasteiger partial charge in [-0.05, 0) is 43.4 Å². The van der Waals surface area contributed by atoms with E-state index in [4.69, 9.17) is 9.84 Å². The zero-order valence-electron chi connectivity index (χ0n) is 10.8. The van der Waals surface area contributed by atoms with E-state index < -0.39 is 5.97 Å². The fourth-order valence-corrected chi connectivity index (χ4v) is 2.32. The van der Waals surface area contributed by atoms with E-state index in [-0.39, 0.29) is 0 Å². The molecule has 0 saturated heterocycles. The quantitative estimate of drug-likeness (QED) is 0.829. The highest BCUT2D eigenvalue weighted by Gasteiger charge is 2.25. The largest absolute Gasteiger partial charge is 0.496 e. The Bertz CT molecular complexity index is 485. The minimum Gasteiger partial charge on any atom is -0.496 e. The molecule has 0 aliphatic heterocycles. The highest BCUT2D eigenvalue weighted by Crippen LogP contribution is 2.41. The lowest BCUT2D eigenvalue weighted by molar-refractivity contribution is -0.131. The Hall–Kier alpha value is -1.77. The summed E-state index contributed by atoms with van der Waals surface area (Å²) in [6, 6.07) is 5.88. The van der Waals surface area contributed by atoms with Crippen molar-refractivity contribution >= 4 is 11.5 Å². The van der Waals surface area contributed by atoms with Gasteiger partial charge in [-0.25, -0.2) is 4.79 Å². The zero-order valence-corrected chi connectivity index (χ0v) is 10.8. The van der Waals surface area contributed by atoms with Gasteiger partial charge < -0.3 is 9.84 Å². The van der Waals surface area contributed by atoms with E-state index in [1.807, 2.05) is 25.1 Å². The first-order chi connectivity index (χ1) is 8.61. The molecule has 3 nitrogen and oxygen atoms in total. The van der Waals surface area contributed by atoms with E-state index in [9.17, 15) is 4.79 Å². The van der Waals surface area contributed by atoms with E-state index in [1.54, 1.807) is 7.11 Å². The van der Waals surface area contributed by atoms with Crippen LogP contribution in [0.5, 0.6) is 5.75 Å². The van der Waals surface area contributed by atoms with Gasteiger partial charge in [0.2, 0.25) is 0 Å². The number of aliphatic carboxylic acids is 1. The van der Waals surface area contributed by atoms with Gasteiger partial charge in [0.1, 0.15) is 5.75 Å². The van der Waals surface area contributed by atoms with Crippen LogP contribution < -0.4 is 4.74 Å². The maximum absolute atomic E-state index is 11.0. The van der Waals surface area contributed by atoms with Crippen molar-refractivity contribution in [3.05, 3.63) is 35.4 Å². The standard InChI is InChI=1S/C15H18O3/c1-10-6-7-14(18-2)13(8-10)12(9-15(16)17)11-4-3-5-11/h6-9,11H,3-5H2,1-2H3,(H,16,17)/b12-9+. The van der Waals surface area contributed by atoms with Crippen LogP contribution in [0.3, 0.4) is 0 Å². The van der Waals surface area contributed by atoms with Crippen LogP contribution in [-0.4, -0.2) is 18.2 Å². The molecule has 1 N–H and O–H groups in total. The normalized spacial score (nSPS) is 16.2. The number of ether oxygens (including phenoxy) is 1. The number of rotatable bonds is 4. The minimum atomic E-state index is -0.888. The highest BCUT2D eigenvalue weighted by atomic mass is 16.5. The molecular formula is C15H18O3. The van der Waals surface area contributed by atoms with Gasteiger partial charge in [-0.1, -0.05) is 18.1 Å². The van der Waals surface area contributed by atoms with Crippen molar-refractivity contribution in [1.29, 1.82) is 0 Å². The second-order valence-electron chi connectivity index (χ2n) is 4.77. The summed E-state index contributed by atoms with van der Waals surface area (Å²) in [6.45, 7) is 2.00. The summed E-state index contributed by atoms with van der Waals surface area (Å²) in [4.78, 5) is 11.0. The van der Waals surface area contributed by atoms with Crippen molar-refractivity contribution in [2.24, 2.45) is 5.92 Å². The van der Waals surface area contributed by atoms with Crippen LogP contribution in [0.15, 0.2) is 24.3 Å². The van der Waals surface area contributed by atoms with Crippen LogP contribution in [0.2, 0.25) is 0 Å². The van der Waals surface area contributed by atoms with Crippen molar-refractivity contribution in [3.8, 4) is 5.75 Å². The molecule has 0 aromatic heterocycles. The van der Waals surface area contributed by atoms with Crippen molar-refractivity contribution in [2.75, 3.05) is 7.11 Å². The molecule has 2 rings (SSSR count). The third-order valence-electron chi connectivity index (χ3n) is 3.49. The molecule has 1 saturated carbocycles. The van der Waals surface area contributed by atoms with Crippen LogP contribution in [0, 0.1) is 12.8 Å². The van der Waals surface area contributed by atoms with E-state index in [1.165, 1.54) is 12.5 Å². The summed E-state index contributed by atoms with van der Waals surface area (Å²) in [5, 5.41) is 9.03. The number of methoxy groups -OCH3 is 1. The van der Waals surface area contributed by atoms with Gasteiger partial charge in [0.25, 0.3) is 0 Å². The number of carboxylic acid groups (broad SMARTS) is 1. The molecule has 0 heterocycles. The number of carbonyl (C=O) groups is 1. The smallest absolute Gasteiger partial charge is 0.328 e. The van der Waals surface area contributed by atoms with Crippen LogP contribution >= 0.6 is 0 Å². The van der Waals surface area contributed by atoms with Gasteiger partial charge in [0.05, 0.1) is 7.11 Å². The molecule has 1 aromatic rings. The fourth-order valence-electron chi connectivity index (χ4n) is 2.32. The monoisotopic (exact) mass is 246 g/mol. The van der Waals surface area contributed by atoms with Crippen LogP contribution in [0.25, 0.3) is 5.57 Å². The molecule has 1 fully saturated rings. The maximum Gasteiger partial charge on any atom is 0.328 e. The maximum atomic E-state index is 11.0. The van der Waals surface area contributed by atoms with Crippen molar-refractivity contribution in [3.63, 3.8) is 0 Å².